The van der Waals surface area contributed by atoms with Crippen LogP contribution in [-0.2, 0) is 0 Å². The number of methoxy groups -OCH3 is 1. The average molecular weight is 173 g/mol. The molecule has 0 unspecified atom stereocenters. The van der Waals surface area contributed by atoms with E-state index in [0.29, 0.717) is 6.54 Å². The smallest absolute Gasteiger partial charge is 0.118 e. The van der Waals surface area contributed by atoms with Gasteiger partial charge < -0.3 is 4.74 Å². The highest BCUT2D eigenvalue weighted by Gasteiger charge is 1.89. The van der Waals surface area contributed by atoms with E-state index in [1.165, 1.54) is 0 Å². The lowest BCUT2D eigenvalue weighted by Crippen LogP contribution is -1.85. The summed E-state index contributed by atoms with van der Waals surface area (Å²) in [6.45, 7) is 0.423. The van der Waals surface area contributed by atoms with Crippen molar-refractivity contribution in [2.24, 2.45) is 4.99 Å². The largest absolute Gasteiger partial charge is 0.497 e. The molecule has 0 N–H and O–H groups in total. The Labute approximate surface area is 78.3 Å². The van der Waals surface area contributed by atoms with Crippen LogP contribution in [0, 0.1) is 12.3 Å². The molecule has 66 valence electrons. The third-order valence-electron chi connectivity index (χ3n) is 1.54. The Morgan fingerprint density at radius 3 is 2.69 bits per heavy atom. The zero-order valence-corrected chi connectivity index (χ0v) is 7.53. The first kappa shape index (κ1) is 9.34. The van der Waals surface area contributed by atoms with Gasteiger partial charge in [-0.25, -0.2) is 0 Å². The van der Waals surface area contributed by atoms with E-state index < -0.39 is 0 Å². The number of benzene rings is 1. The first-order valence-electron chi connectivity index (χ1n) is 3.94. The van der Waals surface area contributed by atoms with Gasteiger partial charge in [-0.2, -0.15) is 0 Å². The molecule has 0 aliphatic heterocycles. The molecule has 2 heteroatoms. The van der Waals surface area contributed by atoms with Crippen LogP contribution in [0.25, 0.3) is 0 Å². The van der Waals surface area contributed by atoms with Crippen LogP contribution in [0.5, 0.6) is 5.75 Å². The van der Waals surface area contributed by atoms with E-state index in [-0.39, 0.29) is 0 Å². The van der Waals surface area contributed by atoms with Gasteiger partial charge in [-0.05, 0) is 29.8 Å². The number of nitrogens with zero attached hydrogens (tertiary/aromatic N) is 1. The molecule has 0 radical (unpaired) electrons. The van der Waals surface area contributed by atoms with Crippen molar-refractivity contribution in [1.29, 1.82) is 0 Å². The summed E-state index contributed by atoms with van der Waals surface area (Å²) in [4.78, 5) is 4.01. The summed E-state index contributed by atoms with van der Waals surface area (Å²) in [6, 6.07) is 7.63. The molecule has 1 aromatic rings. The molecule has 0 amide bonds. The van der Waals surface area contributed by atoms with Gasteiger partial charge in [-0.15, -0.1) is 6.42 Å². The van der Waals surface area contributed by atoms with E-state index >= 15 is 0 Å². The molecule has 0 bridgehead atoms. The van der Waals surface area contributed by atoms with Crippen LogP contribution >= 0.6 is 0 Å². The number of rotatable bonds is 3. The van der Waals surface area contributed by atoms with E-state index in [9.17, 15) is 0 Å². The maximum absolute atomic E-state index is 5.05. The highest BCUT2D eigenvalue weighted by Crippen LogP contribution is 2.09. The topological polar surface area (TPSA) is 21.6 Å². The van der Waals surface area contributed by atoms with Crippen molar-refractivity contribution in [3.8, 4) is 18.1 Å². The standard InChI is InChI=1S/C11H11NO/c1-3-8-12-9-10-4-6-11(13-2)7-5-10/h1,4-7,9H,8H2,2H3. The first-order chi connectivity index (χ1) is 6.36. The highest BCUT2D eigenvalue weighted by atomic mass is 16.5. The van der Waals surface area contributed by atoms with E-state index in [1.807, 2.05) is 24.3 Å². The number of aliphatic imine (C=N–C) groups is 1. The molecule has 0 aromatic heterocycles. The van der Waals surface area contributed by atoms with Crippen LogP contribution in [-0.4, -0.2) is 19.9 Å². The SMILES string of the molecule is C#CCN=Cc1ccc(OC)cc1. The molecule has 13 heavy (non-hydrogen) atoms. The van der Waals surface area contributed by atoms with Gasteiger partial charge in [0.1, 0.15) is 5.75 Å². The van der Waals surface area contributed by atoms with Crippen LogP contribution < -0.4 is 4.74 Å². The second-order valence-electron chi connectivity index (χ2n) is 2.45. The van der Waals surface area contributed by atoms with E-state index in [0.717, 1.165) is 11.3 Å². The van der Waals surface area contributed by atoms with E-state index in [4.69, 9.17) is 11.2 Å². The molecule has 0 saturated heterocycles. The maximum Gasteiger partial charge on any atom is 0.118 e. The second-order valence-corrected chi connectivity index (χ2v) is 2.45. The fourth-order valence-corrected chi connectivity index (χ4v) is 0.894. The summed E-state index contributed by atoms with van der Waals surface area (Å²) in [5.74, 6) is 3.28. The molecule has 0 saturated carbocycles. The third kappa shape index (κ3) is 3.00. The van der Waals surface area contributed by atoms with Crippen molar-refractivity contribution in [1.82, 2.24) is 0 Å². The molecule has 0 spiro atoms. The van der Waals surface area contributed by atoms with E-state index in [1.54, 1.807) is 13.3 Å². The van der Waals surface area contributed by atoms with Crippen molar-refractivity contribution in [3.05, 3.63) is 29.8 Å². The Kier molecular flexibility index (Phi) is 3.59. The zero-order valence-electron chi connectivity index (χ0n) is 7.53. The van der Waals surface area contributed by atoms with Crippen LogP contribution in [0.3, 0.4) is 0 Å². The van der Waals surface area contributed by atoms with Gasteiger partial charge in [0.2, 0.25) is 0 Å². The zero-order chi connectivity index (χ0) is 9.52. The molecule has 0 fully saturated rings. The van der Waals surface area contributed by atoms with Crippen LogP contribution in [0.4, 0.5) is 0 Å². The summed E-state index contributed by atoms with van der Waals surface area (Å²) in [7, 11) is 1.64. The first-order valence-corrected chi connectivity index (χ1v) is 3.94. The molecule has 2 nitrogen and oxygen atoms in total. The normalized spacial score (nSPS) is 9.85. The van der Waals surface area contributed by atoms with Crippen molar-refractivity contribution in [2.75, 3.05) is 13.7 Å². The Bertz CT molecular complexity index is 319. The number of hydrogen-bond donors (Lipinski definition) is 0. The minimum atomic E-state index is 0.423. The second kappa shape index (κ2) is 5.00. The van der Waals surface area contributed by atoms with Crippen LogP contribution in [0.1, 0.15) is 5.56 Å². The monoisotopic (exact) mass is 173 g/mol. The summed E-state index contributed by atoms with van der Waals surface area (Å²) in [5, 5.41) is 0. The van der Waals surface area contributed by atoms with Gasteiger partial charge in [0.25, 0.3) is 0 Å². The minimum Gasteiger partial charge on any atom is -0.497 e. The molecule has 0 aliphatic carbocycles. The molecular weight excluding hydrogens is 162 g/mol. The van der Waals surface area contributed by atoms with Crippen molar-refractivity contribution in [3.63, 3.8) is 0 Å². The summed E-state index contributed by atoms with van der Waals surface area (Å²) in [5.41, 5.74) is 1.02. The Balaban J connectivity index is 2.65. The van der Waals surface area contributed by atoms with Crippen LogP contribution in [0.15, 0.2) is 29.3 Å². The molecule has 0 aliphatic rings. The number of hydrogen-bond acceptors (Lipinski definition) is 2. The summed E-state index contributed by atoms with van der Waals surface area (Å²) in [6.07, 6.45) is 6.80. The van der Waals surface area contributed by atoms with Gasteiger partial charge in [0.05, 0.1) is 13.7 Å². The summed E-state index contributed by atoms with van der Waals surface area (Å²) >= 11 is 0. The van der Waals surface area contributed by atoms with Gasteiger partial charge in [0.15, 0.2) is 0 Å². The van der Waals surface area contributed by atoms with Gasteiger partial charge in [-0.1, -0.05) is 5.92 Å². The number of terminal acetylenes is 1. The van der Waals surface area contributed by atoms with Gasteiger partial charge in [0, 0.05) is 6.21 Å². The van der Waals surface area contributed by atoms with Crippen molar-refractivity contribution >= 4 is 6.21 Å². The predicted molar refractivity (Wildman–Crippen MR) is 54.3 cm³/mol. The molecule has 0 atom stereocenters. The summed E-state index contributed by atoms with van der Waals surface area (Å²) < 4.78 is 5.02. The Morgan fingerprint density at radius 2 is 2.15 bits per heavy atom. The van der Waals surface area contributed by atoms with Gasteiger partial charge in [-0.3, -0.25) is 4.99 Å². The predicted octanol–water partition coefficient (Wildman–Crippen LogP) is 1.75. The fourth-order valence-electron chi connectivity index (χ4n) is 0.894. The van der Waals surface area contributed by atoms with E-state index in [2.05, 4.69) is 10.9 Å². The third-order valence-corrected chi connectivity index (χ3v) is 1.54. The average Bonchev–Trinajstić information content (AvgIpc) is 2.19. The number of ether oxygens (including phenoxy) is 1. The Hall–Kier alpha value is -1.75. The molecule has 1 aromatic carbocycles. The minimum absolute atomic E-state index is 0.423. The lowest BCUT2D eigenvalue weighted by atomic mass is 10.2. The van der Waals surface area contributed by atoms with Crippen molar-refractivity contribution < 1.29 is 4.74 Å². The maximum atomic E-state index is 5.05. The molecule has 0 heterocycles. The molecule has 1 rings (SSSR count). The Morgan fingerprint density at radius 1 is 1.46 bits per heavy atom. The lowest BCUT2D eigenvalue weighted by Gasteiger charge is -1.98. The van der Waals surface area contributed by atoms with Crippen molar-refractivity contribution in [2.45, 2.75) is 0 Å². The lowest BCUT2D eigenvalue weighted by molar-refractivity contribution is 0.415. The highest BCUT2D eigenvalue weighted by molar-refractivity contribution is 5.79. The quantitative estimate of drug-likeness (QED) is 0.504. The fraction of sp³-hybridized carbons (Fsp3) is 0.182. The van der Waals surface area contributed by atoms with Gasteiger partial charge >= 0.3 is 0 Å². The molecular formula is C11H11NO. The van der Waals surface area contributed by atoms with Crippen LogP contribution in [0.2, 0.25) is 0 Å².